The van der Waals surface area contributed by atoms with Gasteiger partial charge in [-0.05, 0) is 25.7 Å². The van der Waals surface area contributed by atoms with Crippen LogP contribution in [0.5, 0.6) is 0 Å². The number of carbonyl (C=O) groups excluding carboxylic acids is 1. The van der Waals surface area contributed by atoms with Crippen molar-refractivity contribution in [3.05, 3.63) is 0 Å². The van der Waals surface area contributed by atoms with Crippen molar-refractivity contribution in [1.29, 1.82) is 0 Å². The molecule has 2 aliphatic carbocycles. The van der Waals surface area contributed by atoms with E-state index in [9.17, 15) is 4.79 Å². The Hall–Kier alpha value is -0.650. The molecule has 1 atom stereocenters. The predicted octanol–water partition coefficient (Wildman–Crippen LogP) is 0.391. The third kappa shape index (κ3) is 4.23. The van der Waals surface area contributed by atoms with Crippen molar-refractivity contribution in [1.82, 2.24) is 10.2 Å². The zero-order valence-electron chi connectivity index (χ0n) is 11.4. The zero-order chi connectivity index (χ0) is 13.0. The molecule has 5 nitrogen and oxygen atoms in total. The van der Waals surface area contributed by atoms with E-state index >= 15 is 0 Å². The SMILES string of the molecule is COCCN(CC(NC1CC1)C(=O)OC)C1CC1. The van der Waals surface area contributed by atoms with Crippen molar-refractivity contribution in [3.63, 3.8) is 0 Å². The van der Waals surface area contributed by atoms with Gasteiger partial charge in [-0.1, -0.05) is 0 Å². The van der Waals surface area contributed by atoms with E-state index in [-0.39, 0.29) is 12.0 Å². The Bertz CT molecular complexity index is 277. The first-order valence-electron chi connectivity index (χ1n) is 6.81. The monoisotopic (exact) mass is 256 g/mol. The highest BCUT2D eigenvalue weighted by Crippen LogP contribution is 2.27. The molecule has 0 saturated heterocycles. The molecule has 0 aliphatic heterocycles. The van der Waals surface area contributed by atoms with Crippen LogP contribution in [0.25, 0.3) is 0 Å². The second kappa shape index (κ2) is 6.50. The molecule has 2 aliphatic rings. The number of rotatable bonds is 9. The summed E-state index contributed by atoms with van der Waals surface area (Å²) in [6.07, 6.45) is 4.83. The molecule has 0 aromatic rings. The molecule has 0 amide bonds. The van der Waals surface area contributed by atoms with E-state index in [2.05, 4.69) is 10.2 Å². The lowest BCUT2D eigenvalue weighted by Crippen LogP contribution is -2.48. The molecule has 0 aromatic heterocycles. The van der Waals surface area contributed by atoms with Gasteiger partial charge in [0.15, 0.2) is 0 Å². The molecule has 0 radical (unpaired) electrons. The van der Waals surface area contributed by atoms with Crippen LogP contribution in [0.3, 0.4) is 0 Å². The van der Waals surface area contributed by atoms with E-state index in [0.717, 1.165) is 13.1 Å². The number of esters is 1. The standard InChI is InChI=1S/C13H24N2O3/c1-17-8-7-15(11-5-6-11)9-12(13(16)18-2)14-10-3-4-10/h10-12,14H,3-9H2,1-2H3. The summed E-state index contributed by atoms with van der Waals surface area (Å²) in [5, 5.41) is 3.37. The van der Waals surface area contributed by atoms with E-state index in [1.54, 1.807) is 7.11 Å². The molecule has 18 heavy (non-hydrogen) atoms. The van der Waals surface area contributed by atoms with E-state index in [0.29, 0.717) is 18.7 Å². The van der Waals surface area contributed by atoms with Gasteiger partial charge in [-0.2, -0.15) is 0 Å². The summed E-state index contributed by atoms with van der Waals surface area (Å²) >= 11 is 0. The first-order valence-corrected chi connectivity index (χ1v) is 6.81. The number of ether oxygens (including phenoxy) is 2. The van der Waals surface area contributed by atoms with Gasteiger partial charge in [-0.15, -0.1) is 0 Å². The Morgan fingerprint density at radius 2 is 2.06 bits per heavy atom. The zero-order valence-corrected chi connectivity index (χ0v) is 11.4. The van der Waals surface area contributed by atoms with Gasteiger partial charge in [-0.3, -0.25) is 9.69 Å². The molecule has 2 saturated carbocycles. The molecule has 0 spiro atoms. The molecule has 0 bridgehead atoms. The largest absolute Gasteiger partial charge is 0.468 e. The van der Waals surface area contributed by atoms with E-state index in [4.69, 9.17) is 9.47 Å². The Kier molecular flexibility index (Phi) is 4.97. The van der Waals surface area contributed by atoms with E-state index in [1.165, 1.54) is 32.8 Å². The maximum Gasteiger partial charge on any atom is 0.324 e. The fraction of sp³-hybridized carbons (Fsp3) is 0.923. The second-order valence-electron chi connectivity index (χ2n) is 5.24. The minimum atomic E-state index is -0.194. The first kappa shape index (κ1) is 13.8. The number of carbonyl (C=O) groups is 1. The lowest BCUT2D eigenvalue weighted by atomic mass is 10.2. The normalized spacial score (nSPS) is 21.1. The Morgan fingerprint density at radius 1 is 1.33 bits per heavy atom. The first-order chi connectivity index (χ1) is 8.74. The Balaban J connectivity index is 1.84. The molecule has 5 heteroatoms. The third-order valence-electron chi connectivity index (χ3n) is 3.56. The van der Waals surface area contributed by atoms with Gasteiger partial charge in [0.25, 0.3) is 0 Å². The average molecular weight is 256 g/mol. The quantitative estimate of drug-likeness (QED) is 0.605. The molecule has 0 aromatic carbocycles. The Morgan fingerprint density at radius 3 is 2.56 bits per heavy atom. The van der Waals surface area contributed by atoms with E-state index < -0.39 is 0 Å². The lowest BCUT2D eigenvalue weighted by molar-refractivity contribution is -0.143. The molecule has 2 rings (SSSR count). The number of methoxy groups -OCH3 is 2. The highest BCUT2D eigenvalue weighted by Gasteiger charge is 2.35. The summed E-state index contributed by atoms with van der Waals surface area (Å²) in [5.74, 6) is -0.148. The Labute approximate surface area is 109 Å². The molecule has 1 unspecified atom stereocenters. The number of nitrogens with zero attached hydrogens (tertiary/aromatic N) is 1. The topological polar surface area (TPSA) is 50.8 Å². The van der Waals surface area contributed by atoms with Gasteiger partial charge in [0, 0.05) is 32.3 Å². The molecular weight excluding hydrogens is 232 g/mol. The van der Waals surface area contributed by atoms with Crippen LogP contribution >= 0.6 is 0 Å². The summed E-state index contributed by atoms with van der Waals surface area (Å²) in [5.41, 5.74) is 0. The van der Waals surface area contributed by atoms with Crippen LogP contribution in [-0.4, -0.2) is 62.9 Å². The van der Waals surface area contributed by atoms with Gasteiger partial charge >= 0.3 is 5.97 Å². The predicted molar refractivity (Wildman–Crippen MR) is 68.4 cm³/mol. The summed E-state index contributed by atoms with van der Waals surface area (Å²) in [6, 6.07) is 0.950. The maximum absolute atomic E-state index is 11.8. The fourth-order valence-corrected chi connectivity index (χ4v) is 2.18. The van der Waals surface area contributed by atoms with Crippen molar-refractivity contribution < 1.29 is 14.3 Å². The molecule has 2 fully saturated rings. The molecule has 104 valence electrons. The second-order valence-corrected chi connectivity index (χ2v) is 5.24. The van der Waals surface area contributed by atoms with Gasteiger partial charge in [0.05, 0.1) is 13.7 Å². The number of nitrogens with one attached hydrogen (secondary N) is 1. The van der Waals surface area contributed by atoms with Gasteiger partial charge in [-0.25, -0.2) is 0 Å². The van der Waals surface area contributed by atoms with Crippen LogP contribution < -0.4 is 5.32 Å². The van der Waals surface area contributed by atoms with Gasteiger partial charge in [0.2, 0.25) is 0 Å². The van der Waals surface area contributed by atoms with Gasteiger partial charge < -0.3 is 14.8 Å². The third-order valence-corrected chi connectivity index (χ3v) is 3.56. The van der Waals surface area contributed by atoms with Crippen LogP contribution in [0.2, 0.25) is 0 Å². The van der Waals surface area contributed by atoms with Crippen molar-refractivity contribution in [2.75, 3.05) is 33.9 Å². The highest BCUT2D eigenvalue weighted by atomic mass is 16.5. The van der Waals surface area contributed by atoms with Crippen molar-refractivity contribution >= 4 is 5.97 Å². The summed E-state index contributed by atoms with van der Waals surface area (Å²) in [7, 11) is 3.17. The van der Waals surface area contributed by atoms with Crippen LogP contribution in [0.1, 0.15) is 25.7 Å². The average Bonchev–Trinajstić information content (AvgIpc) is 3.24. The maximum atomic E-state index is 11.8. The number of hydrogen-bond donors (Lipinski definition) is 1. The van der Waals surface area contributed by atoms with Gasteiger partial charge in [0.1, 0.15) is 6.04 Å². The van der Waals surface area contributed by atoms with Crippen molar-refractivity contribution in [2.24, 2.45) is 0 Å². The summed E-state index contributed by atoms with van der Waals surface area (Å²) in [4.78, 5) is 14.1. The minimum absolute atomic E-state index is 0.148. The minimum Gasteiger partial charge on any atom is -0.468 e. The lowest BCUT2D eigenvalue weighted by Gasteiger charge is -2.26. The smallest absolute Gasteiger partial charge is 0.324 e. The van der Waals surface area contributed by atoms with E-state index in [1.807, 2.05) is 0 Å². The summed E-state index contributed by atoms with van der Waals surface area (Å²) < 4.78 is 10.0. The van der Waals surface area contributed by atoms with Crippen molar-refractivity contribution in [2.45, 2.75) is 43.8 Å². The molecule has 0 heterocycles. The van der Waals surface area contributed by atoms with Crippen LogP contribution in [0, 0.1) is 0 Å². The van der Waals surface area contributed by atoms with Crippen LogP contribution in [-0.2, 0) is 14.3 Å². The fourth-order valence-electron chi connectivity index (χ4n) is 2.18. The summed E-state index contributed by atoms with van der Waals surface area (Å²) in [6.45, 7) is 2.34. The highest BCUT2D eigenvalue weighted by molar-refractivity contribution is 5.76. The molecule has 1 N–H and O–H groups in total. The number of hydrogen-bond acceptors (Lipinski definition) is 5. The van der Waals surface area contributed by atoms with Crippen LogP contribution in [0.4, 0.5) is 0 Å². The van der Waals surface area contributed by atoms with Crippen molar-refractivity contribution in [3.8, 4) is 0 Å². The van der Waals surface area contributed by atoms with Crippen LogP contribution in [0.15, 0.2) is 0 Å². The molecular formula is C13H24N2O3.